The third kappa shape index (κ3) is 2.39. The lowest BCUT2D eigenvalue weighted by molar-refractivity contribution is 0.0987. The molecule has 0 bridgehead atoms. The Bertz CT molecular complexity index is 636. The van der Waals surface area contributed by atoms with E-state index >= 15 is 0 Å². The van der Waals surface area contributed by atoms with E-state index in [1.54, 1.807) is 0 Å². The molecule has 3 heteroatoms. The number of rotatable bonds is 1. The summed E-state index contributed by atoms with van der Waals surface area (Å²) in [5, 5.41) is 0. The Morgan fingerprint density at radius 1 is 1.15 bits per heavy atom. The van der Waals surface area contributed by atoms with Crippen molar-refractivity contribution in [1.82, 2.24) is 0 Å². The van der Waals surface area contributed by atoms with Crippen LogP contribution < -0.4 is 9.64 Å². The highest BCUT2D eigenvalue weighted by Gasteiger charge is 2.22. The Kier molecular flexibility index (Phi) is 3.42. The third-order valence-corrected chi connectivity index (χ3v) is 3.45. The molecule has 0 spiro atoms. The SMILES string of the molecule is Cc1cccc(C(=O)N2CCCOc3ccccc32)c1. The number of amides is 1. The molecule has 0 N–H and O–H groups in total. The molecule has 0 aliphatic carbocycles. The van der Waals surface area contributed by atoms with E-state index in [1.807, 2.05) is 60.4 Å². The fourth-order valence-corrected chi connectivity index (χ4v) is 2.47. The molecule has 0 aromatic heterocycles. The summed E-state index contributed by atoms with van der Waals surface area (Å²) in [5.74, 6) is 0.817. The van der Waals surface area contributed by atoms with Crippen LogP contribution in [0, 0.1) is 6.92 Å². The first kappa shape index (κ1) is 12.7. The monoisotopic (exact) mass is 267 g/mol. The summed E-state index contributed by atoms with van der Waals surface area (Å²) in [6.07, 6.45) is 0.840. The van der Waals surface area contributed by atoms with Gasteiger partial charge in [-0.1, -0.05) is 29.8 Å². The number of carbonyl (C=O) groups excluding carboxylic acids is 1. The van der Waals surface area contributed by atoms with Crippen LogP contribution in [0.2, 0.25) is 0 Å². The van der Waals surface area contributed by atoms with E-state index in [1.165, 1.54) is 0 Å². The van der Waals surface area contributed by atoms with Gasteiger partial charge in [0.05, 0.1) is 12.3 Å². The molecular weight excluding hydrogens is 250 g/mol. The van der Waals surface area contributed by atoms with Gasteiger partial charge in [-0.05, 0) is 37.6 Å². The normalized spacial score (nSPS) is 14.2. The maximum atomic E-state index is 12.7. The molecule has 0 radical (unpaired) electrons. The second-order valence-corrected chi connectivity index (χ2v) is 5.00. The average Bonchev–Trinajstić information content (AvgIpc) is 2.69. The molecule has 3 rings (SSSR count). The third-order valence-electron chi connectivity index (χ3n) is 3.45. The largest absolute Gasteiger partial charge is 0.491 e. The number of benzene rings is 2. The summed E-state index contributed by atoms with van der Waals surface area (Å²) in [7, 11) is 0. The minimum atomic E-state index is 0.0339. The second-order valence-electron chi connectivity index (χ2n) is 5.00. The first-order chi connectivity index (χ1) is 9.75. The van der Waals surface area contributed by atoms with Crippen LogP contribution in [0.25, 0.3) is 0 Å². The molecule has 0 fully saturated rings. The second kappa shape index (κ2) is 5.37. The van der Waals surface area contributed by atoms with E-state index in [9.17, 15) is 4.79 Å². The number of fused-ring (bicyclic) bond motifs is 1. The van der Waals surface area contributed by atoms with Crippen LogP contribution in [0.4, 0.5) is 5.69 Å². The predicted octanol–water partition coefficient (Wildman–Crippen LogP) is 3.42. The van der Waals surface area contributed by atoms with Crippen LogP contribution in [-0.2, 0) is 0 Å². The standard InChI is InChI=1S/C17H17NO2/c1-13-6-4-7-14(12-13)17(19)18-10-5-11-20-16-9-3-2-8-15(16)18/h2-4,6-9,12H,5,10-11H2,1H3. The van der Waals surface area contributed by atoms with Crippen molar-refractivity contribution in [2.45, 2.75) is 13.3 Å². The minimum absolute atomic E-state index is 0.0339. The van der Waals surface area contributed by atoms with Gasteiger partial charge in [0.15, 0.2) is 0 Å². The van der Waals surface area contributed by atoms with Crippen molar-refractivity contribution in [3.63, 3.8) is 0 Å². The minimum Gasteiger partial charge on any atom is -0.491 e. The number of carbonyl (C=O) groups is 1. The Morgan fingerprint density at radius 3 is 2.85 bits per heavy atom. The Morgan fingerprint density at radius 2 is 2.00 bits per heavy atom. The van der Waals surface area contributed by atoms with Crippen molar-refractivity contribution in [3.05, 3.63) is 59.7 Å². The van der Waals surface area contributed by atoms with Crippen molar-refractivity contribution < 1.29 is 9.53 Å². The summed E-state index contributed by atoms with van der Waals surface area (Å²) >= 11 is 0. The topological polar surface area (TPSA) is 29.5 Å². The molecule has 3 nitrogen and oxygen atoms in total. The molecule has 2 aromatic carbocycles. The van der Waals surface area contributed by atoms with E-state index in [0.29, 0.717) is 13.2 Å². The molecule has 102 valence electrons. The first-order valence-corrected chi connectivity index (χ1v) is 6.86. The predicted molar refractivity (Wildman–Crippen MR) is 79.4 cm³/mol. The molecule has 1 aliphatic rings. The molecule has 1 aliphatic heterocycles. The zero-order valence-electron chi connectivity index (χ0n) is 11.5. The van der Waals surface area contributed by atoms with Crippen molar-refractivity contribution in [2.24, 2.45) is 0 Å². The Balaban J connectivity index is 1.99. The zero-order valence-corrected chi connectivity index (χ0v) is 11.5. The highest BCUT2D eigenvalue weighted by atomic mass is 16.5. The number of anilines is 1. The number of para-hydroxylation sites is 2. The first-order valence-electron chi connectivity index (χ1n) is 6.86. The van der Waals surface area contributed by atoms with Crippen LogP contribution in [-0.4, -0.2) is 19.1 Å². The summed E-state index contributed by atoms with van der Waals surface area (Å²) < 4.78 is 5.69. The lowest BCUT2D eigenvalue weighted by Crippen LogP contribution is -2.31. The lowest BCUT2D eigenvalue weighted by atomic mass is 10.1. The molecule has 0 saturated carbocycles. The van der Waals surface area contributed by atoms with Gasteiger partial charge >= 0.3 is 0 Å². The smallest absolute Gasteiger partial charge is 0.258 e. The maximum absolute atomic E-state index is 12.7. The van der Waals surface area contributed by atoms with Gasteiger partial charge < -0.3 is 9.64 Å². The fourth-order valence-electron chi connectivity index (χ4n) is 2.47. The summed E-state index contributed by atoms with van der Waals surface area (Å²) in [4.78, 5) is 14.6. The van der Waals surface area contributed by atoms with Crippen LogP contribution in [0.15, 0.2) is 48.5 Å². The molecule has 20 heavy (non-hydrogen) atoms. The maximum Gasteiger partial charge on any atom is 0.258 e. The number of ether oxygens (including phenoxy) is 1. The van der Waals surface area contributed by atoms with Gasteiger partial charge in [-0.15, -0.1) is 0 Å². The molecule has 0 unspecified atom stereocenters. The Labute approximate surface area is 118 Å². The fraction of sp³-hybridized carbons (Fsp3) is 0.235. The lowest BCUT2D eigenvalue weighted by Gasteiger charge is -2.21. The zero-order chi connectivity index (χ0) is 13.9. The van der Waals surface area contributed by atoms with Gasteiger partial charge in [0.2, 0.25) is 0 Å². The average molecular weight is 267 g/mol. The number of hydrogen-bond acceptors (Lipinski definition) is 2. The molecular formula is C17H17NO2. The van der Waals surface area contributed by atoms with E-state index < -0.39 is 0 Å². The van der Waals surface area contributed by atoms with Crippen LogP contribution >= 0.6 is 0 Å². The van der Waals surface area contributed by atoms with Gasteiger partial charge in [0.25, 0.3) is 5.91 Å². The van der Waals surface area contributed by atoms with Gasteiger partial charge in [-0.3, -0.25) is 4.79 Å². The van der Waals surface area contributed by atoms with E-state index in [-0.39, 0.29) is 5.91 Å². The highest BCUT2D eigenvalue weighted by molar-refractivity contribution is 6.07. The molecule has 1 amide bonds. The van der Waals surface area contributed by atoms with Crippen molar-refractivity contribution in [3.8, 4) is 5.75 Å². The number of hydrogen-bond donors (Lipinski definition) is 0. The molecule has 1 heterocycles. The highest BCUT2D eigenvalue weighted by Crippen LogP contribution is 2.31. The van der Waals surface area contributed by atoms with Gasteiger partial charge in [-0.2, -0.15) is 0 Å². The van der Waals surface area contributed by atoms with E-state index in [0.717, 1.165) is 29.0 Å². The summed E-state index contributed by atoms with van der Waals surface area (Å²) in [5.41, 5.74) is 2.67. The molecule has 0 saturated heterocycles. The molecule has 0 atom stereocenters. The van der Waals surface area contributed by atoms with Gasteiger partial charge in [0, 0.05) is 12.1 Å². The Hall–Kier alpha value is -2.29. The quantitative estimate of drug-likeness (QED) is 0.792. The van der Waals surface area contributed by atoms with Crippen molar-refractivity contribution in [1.29, 1.82) is 0 Å². The van der Waals surface area contributed by atoms with E-state index in [4.69, 9.17) is 4.74 Å². The van der Waals surface area contributed by atoms with Gasteiger partial charge in [0.1, 0.15) is 5.75 Å². The molecule has 2 aromatic rings. The summed E-state index contributed by atoms with van der Waals surface area (Å²) in [6.45, 7) is 3.33. The van der Waals surface area contributed by atoms with Crippen molar-refractivity contribution >= 4 is 11.6 Å². The number of nitrogens with zero attached hydrogens (tertiary/aromatic N) is 1. The van der Waals surface area contributed by atoms with E-state index in [2.05, 4.69) is 0 Å². The summed E-state index contributed by atoms with van der Waals surface area (Å²) in [6, 6.07) is 15.4. The van der Waals surface area contributed by atoms with Gasteiger partial charge in [-0.25, -0.2) is 0 Å². The van der Waals surface area contributed by atoms with Crippen LogP contribution in [0.3, 0.4) is 0 Å². The van der Waals surface area contributed by atoms with Crippen molar-refractivity contribution in [2.75, 3.05) is 18.1 Å². The van der Waals surface area contributed by atoms with Crippen LogP contribution in [0.5, 0.6) is 5.75 Å². The van der Waals surface area contributed by atoms with Crippen LogP contribution in [0.1, 0.15) is 22.3 Å². The number of aryl methyl sites for hydroxylation is 1.